The molecule has 3 aromatic carbocycles. The molecule has 156 valence electrons. The van der Waals surface area contributed by atoms with E-state index in [4.69, 9.17) is 0 Å². The third-order valence-corrected chi connectivity index (χ3v) is 6.41. The molecular formula is C26H23NO4. The van der Waals surface area contributed by atoms with Crippen molar-refractivity contribution in [3.05, 3.63) is 83.4 Å². The van der Waals surface area contributed by atoms with Gasteiger partial charge in [-0.15, -0.1) is 0 Å². The fourth-order valence-corrected chi connectivity index (χ4v) is 4.92. The molecule has 0 spiro atoms. The summed E-state index contributed by atoms with van der Waals surface area (Å²) in [6.07, 6.45) is 3.67. The number of carbonyl (C=O) groups excluding carboxylic acids is 2. The molecule has 3 aromatic rings. The number of amides is 1. The van der Waals surface area contributed by atoms with E-state index in [1.165, 1.54) is 0 Å². The molecule has 5 heteroatoms. The highest BCUT2D eigenvalue weighted by atomic mass is 16.3. The third kappa shape index (κ3) is 3.26. The van der Waals surface area contributed by atoms with Crippen molar-refractivity contribution in [1.29, 1.82) is 0 Å². The van der Waals surface area contributed by atoms with Crippen LogP contribution >= 0.6 is 0 Å². The summed E-state index contributed by atoms with van der Waals surface area (Å²) in [5, 5.41) is 23.3. The smallest absolute Gasteiger partial charge is 0.295 e. The van der Waals surface area contributed by atoms with Crippen molar-refractivity contribution in [2.24, 2.45) is 0 Å². The number of Topliss-reactive ketones (excluding diaryl/α,β-unsaturated/α-hetero) is 1. The van der Waals surface area contributed by atoms with Crippen LogP contribution in [0.2, 0.25) is 0 Å². The highest BCUT2D eigenvalue weighted by molar-refractivity contribution is 6.46. The average molecular weight is 413 g/mol. The topological polar surface area (TPSA) is 77.8 Å². The minimum atomic E-state index is -0.721. The molecule has 1 saturated carbocycles. The van der Waals surface area contributed by atoms with Crippen LogP contribution in [0.3, 0.4) is 0 Å². The standard InChI is InChI=1S/C26H23NO4/c28-21-11-5-8-18(15-21)23-22(25(30)26(31)27(23)20-9-3-4-10-20)24(29)19-13-12-16-6-1-2-7-17(16)14-19/h1-2,5-8,11-15,20,23,28-29H,3-4,9-10H2/b24-22-. The second-order valence-corrected chi connectivity index (χ2v) is 8.30. The molecule has 1 unspecified atom stereocenters. The molecular weight excluding hydrogens is 390 g/mol. The Bertz CT molecular complexity index is 1220. The van der Waals surface area contributed by atoms with E-state index in [2.05, 4.69) is 0 Å². The van der Waals surface area contributed by atoms with Gasteiger partial charge in [-0.1, -0.05) is 61.4 Å². The third-order valence-electron chi connectivity index (χ3n) is 6.41. The quantitative estimate of drug-likeness (QED) is 0.363. The van der Waals surface area contributed by atoms with E-state index in [0.29, 0.717) is 11.1 Å². The maximum atomic E-state index is 13.1. The van der Waals surface area contributed by atoms with Crippen LogP contribution in [0.15, 0.2) is 72.3 Å². The number of phenols is 1. The zero-order chi connectivity index (χ0) is 21.5. The second-order valence-electron chi connectivity index (χ2n) is 8.30. The summed E-state index contributed by atoms with van der Waals surface area (Å²) in [4.78, 5) is 27.9. The molecule has 2 aliphatic rings. The number of benzene rings is 3. The molecule has 1 saturated heterocycles. The number of phenolic OH excluding ortho intramolecular Hbond substituents is 1. The summed E-state index contributed by atoms with van der Waals surface area (Å²) in [6.45, 7) is 0. The van der Waals surface area contributed by atoms with Gasteiger partial charge in [0.1, 0.15) is 11.5 Å². The fourth-order valence-electron chi connectivity index (χ4n) is 4.92. The number of likely N-dealkylation sites (tertiary alicyclic amines) is 1. The van der Waals surface area contributed by atoms with Crippen molar-refractivity contribution in [3.63, 3.8) is 0 Å². The van der Waals surface area contributed by atoms with Gasteiger partial charge in [0.2, 0.25) is 0 Å². The highest BCUT2D eigenvalue weighted by Gasteiger charge is 2.49. The summed E-state index contributed by atoms with van der Waals surface area (Å²) in [5.41, 5.74) is 1.19. The van der Waals surface area contributed by atoms with Crippen LogP contribution in [0, 0.1) is 0 Å². The summed E-state index contributed by atoms with van der Waals surface area (Å²) in [5.74, 6) is -1.38. The van der Waals surface area contributed by atoms with E-state index in [0.717, 1.165) is 36.5 Å². The Morgan fingerprint density at radius 3 is 2.35 bits per heavy atom. The zero-order valence-corrected chi connectivity index (χ0v) is 17.0. The number of aliphatic hydroxyl groups excluding tert-OH is 1. The van der Waals surface area contributed by atoms with Crippen LogP contribution in [0.4, 0.5) is 0 Å². The minimum absolute atomic E-state index is 0.0503. The van der Waals surface area contributed by atoms with Gasteiger partial charge >= 0.3 is 0 Å². The van der Waals surface area contributed by atoms with Crippen molar-refractivity contribution in [2.45, 2.75) is 37.8 Å². The summed E-state index contributed by atoms with van der Waals surface area (Å²) in [6, 6.07) is 19.1. The van der Waals surface area contributed by atoms with Crippen molar-refractivity contribution in [2.75, 3.05) is 0 Å². The van der Waals surface area contributed by atoms with Crippen molar-refractivity contribution in [3.8, 4) is 5.75 Å². The van der Waals surface area contributed by atoms with Gasteiger partial charge in [-0.05, 0) is 47.4 Å². The van der Waals surface area contributed by atoms with Crippen LogP contribution in [0.5, 0.6) is 5.75 Å². The van der Waals surface area contributed by atoms with Crippen molar-refractivity contribution >= 4 is 28.2 Å². The van der Waals surface area contributed by atoms with E-state index in [9.17, 15) is 19.8 Å². The number of hydrogen-bond acceptors (Lipinski definition) is 4. The number of fused-ring (bicyclic) bond motifs is 1. The van der Waals surface area contributed by atoms with Crippen molar-refractivity contribution in [1.82, 2.24) is 4.90 Å². The first-order valence-electron chi connectivity index (χ1n) is 10.6. The molecule has 5 rings (SSSR count). The number of carbonyl (C=O) groups is 2. The molecule has 1 aliphatic carbocycles. The lowest BCUT2D eigenvalue weighted by molar-refractivity contribution is -0.141. The van der Waals surface area contributed by atoms with Gasteiger partial charge < -0.3 is 15.1 Å². The molecule has 2 fully saturated rings. The van der Waals surface area contributed by atoms with Gasteiger partial charge in [-0.25, -0.2) is 0 Å². The summed E-state index contributed by atoms with van der Waals surface area (Å²) in [7, 11) is 0. The maximum Gasteiger partial charge on any atom is 0.295 e. The molecule has 0 aromatic heterocycles. The number of ketones is 1. The van der Waals surface area contributed by atoms with Crippen LogP contribution in [-0.4, -0.2) is 32.8 Å². The van der Waals surface area contributed by atoms with E-state index in [-0.39, 0.29) is 23.1 Å². The number of rotatable bonds is 3. The fraction of sp³-hybridized carbons (Fsp3) is 0.231. The molecule has 0 radical (unpaired) electrons. The molecule has 1 atom stereocenters. The van der Waals surface area contributed by atoms with E-state index < -0.39 is 17.7 Å². The van der Waals surface area contributed by atoms with Crippen LogP contribution in [-0.2, 0) is 9.59 Å². The molecule has 1 amide bonds. The van der Waals surface area contributed by atoms with Gasteiger partial charge in [0.15, 0.2) is 0 Å². The molecule has 31 heavy (non-hydrogen) atoms. The van der Waals surface area contributed by atoms with Gasteiger partial charge in [0, 0.05) is 11.6 Å². The Labute approximate surface area is 180 Å². The van der Waals surface area contributed by atoms with Crippen LogP contribution in [0.25, 0.3) is 16.5 Å². The normalized spacial score (nSPS) is 21.3. The lowest BCUT2D eigenvalue weighted by Crippen LogP contribution is -2.37. The average Bonchev–Trinajstić information content (AvgIpc) is 3.40. The summed E-state index contributed by atoms with van der Waals surface area (Å²) < 4.78 is 0. The Hall–Kier alpha value is -3.60. The van der Waals surface area contributed by atoms with E-state index in [1.807, 2.05) is 36.4 Å². The number of aliphatic hydroxyl groups is 1. The zero-order valence-electron chi connectivity index (χ0n) is 17.0. The SMILES string of the molecule is O=C1C(=O)N(C2CCCC2)C(c2cccc(O)c2)/C1=C(/O)c1ccc2ccccc2c1. The molecule has 5 nitrogen and oxygen atoms in total. The van der Waals surface area contributed by atoms with Crippen LogP contribution in [0.1, 0.15) is 42.9 Å². The second kappa shape index (κ2) is 7.58. The largest absolute Gasteiger partial charge is 0.508 e. The predicted molar refractivity (Wildman–Crippen MR) is 118 cm³/mol. The first-order valence-corrected chi connectivity index (χ1v) is 10.6. The Balaban J connectivity index is 1.69. The maximum absolute atomic E-state index is 13.1. The van der Waals surface area contributed by atoms with E-state index >= 15 is 0 Å². The monoisotopic (exact) mass is 413 g/mol. The van der Waals surface area contributed by atoms with Gasteiger partial charge in [-0.2, -0.15) is 0 Å². The van der Waals surface area contributed by atoms with E-state index in [1.54, 1.807) is 35.2 Å². The first kappa shape index (κ1) is 19.4. The van der Waals surface area contributed by atoms with Gasteiger partial charge in [-0.3, -0.25) is 9.59 Å². The Kier molecular flexibility index (Phi) is 4.74. The summed E-state index contributed by atoms with van der Waals surface area (Å²) >= 11 is 0. The lowest BCUT2D eigenvalue weighted by atomic mass is 9.94. The highest BCUT2D eigenvalue weighted by Crippen LogP contribution is 2.44. The van der Waals surface area contributed by atoms with Crippen LogP contribution < -0.4 is 0 Å². The number of nitrogens with zero attached hydrogens (tertiary/aromatic N) is 1. The lowest BCUT2D eigenvalue weighted by Gasteiger charge is -2.30. The van der Waals surface area contributed by atoms with Crippen molar-refractivity contribution < 1.29 is 19.8 Å². The number of hydrogen-bond donors (Lipinski definition) is 2. The van der Waals surface area contributed by atoms with Gasteiger partial charge in [0.05, 0.1) is 11.6 Å². The molecule has 1 aliphatic heterocycles. The molecule has 2 N–H and O–H groups in total. The number of aromatic hydroxyl groups is 1. The Morgan fingerprint density at radius 1 is 0.871 bits per heavy atom. The minimum Gasteiger partial charge on any atom is -0.508 e. The predicted octanol–water partition coefficient (Wildman–Crippen LogP) is 4.91. The molecule has 0 bridgehead atoms. The Morgan fingerprint density at radius 2 is 1.61 bits per heavy atom. The van der Waals surface area contributed by atoms with Gasteiger partial charge in [0.25, 0.3) is 11.7 Å². The first-order chi connectivity index (χ1) is 15.0. The molecule has 1 heterocycles.